The van der Waals surface area contributed by atoms with E-state index in [0.29, 0.717) is 0 Å². The number of carbonyl (C=O) groups excluding carboxylic acids is 2. The van der Waals surface area contributed by atoms with E-state index < -0.39 is 0 Å². The van der Waals surface area contributed by atoms with Crippen LogP contribution >= 0.6 is 0 Å². The van der Waals surface area contributed by atoms with Crippen molar-refractivity contribution in [3.8, 4) is 0 Å². The molecule has 0 aliphatic carbocycles. The lowest BCUT2D eigenvalue weighted by molar-refractivity contribution is -0.127. The van der Waals surface area contributed by atoms with E-state index in [0.717, 1.165) is 25.9 Å². The van der Waals surface area contributed by atoms with Crippen LogP contribution in [0.1, 0.15) is 26.2 Å². The van der Waals surface area contributed by atoms with Crippen LogP contribution in [0.25, 0.3) is 0 Å². The minimum absolute atomic E-state index is 0.0178. The fourth-order valence-electron chi connectivity index (χ4n) is 1.47. The van der Waals surface area contributed by atoms with Crippen LogP contribution in [0.4, 0.5) is 0 Å². The smallest absolute Gasteiger partial charge is 0.227 e. The molecule has 4 nitrogen and oxygen atoms in total. The predicted octanol–water partition coefficient (Wildman–Crippen LogP) is -0.166. The Bertz CT molecular complexity index is 198. The minimum atomic E-state index is -0.139. The maximum absolute atomic E-state index is 11.2. The topological polar surface area (TPSA) is 58.2 Å². The van der Waals surface area contributed by atoms with E-state index >= 15 is 0 Å². The third-order valence-electron chi connectivity index (χ3n) is 2.11. The lowest BCUT2D eigenvalue weighted by Gasteiger charge is -2.23. The van der Waals surface area contributed by atoms with E-state index in [-0.39, 0.29) is 24.2 Å². The molecule has 0 aromatic heterocycles. The van der Waals surface area contributed by atoms with E-state index in [1.165, 1.54) is 6.92 Å². The number of Topliss-reactive ketones (excluding diaryl/α,β-unsaturated/α-hetero) is 1. The zero-order valence-corrected chi connectivity index (χ0v) is 7.93. The molecule has 1 fully saturated rings. The van der Waals surface area contributed by atoms with Crippen molar-refractivity contribution < 1.29 is 9.59 Å². The molecule has 13 heavy (non-hydrogen) atoms. The van der Waals surface area contributed by atoms with Crippen LogP contribution in [0.15, 0.2) is 0 Å². The Labute approximate surface area is 78.1 Å². The van der Waals surface area contributed by atoms with Gasteiger partial charge in [-0.05, 0) is 32.9 Å². The molecular weight excluding hydrogens is 168 g/mol. The van der Waals surface area contributed by atoms with Gasteiger partial charge in [0, 0.05) is 6.04 Å². The van der Waals surface area contributed by atoms with Crippen LogP contribution in [-0.2, 0) is 9.59 Å². The van der Waals surface area contributed by atoms with Crippen molar-refractivity contribution in [2.24, 2.45) is 0 Å². The summed E-state index contributed by atoms with van der Waals surface area (Å²) in [6.07, 6.45) is 1.94. The average molecular weight is 184 g/mol. The molecule has 0 unspecified atom stereocenters. The van der Waals surface area contributed by atoms with Crippen LogP contribution in [0.5, 0.6) is 0 Å². The molecule has 0 aromatic carbocycles. The Morgan fingerprint density at radius 1 is 1.38 bits per heavy atom. The summed E-state index contributed by atoms with van der Waals surface area (Å²) in [7, 11) is 0. The van der Waals surface area contributed by atoms with Gasteiger partial charge >= 0.3 is 0 Å². The fraction of sp³-hybridized carbons (Fsp3) is 0.778. The van der Waals surface area contributed by atoms with Crippen LogP contribution in [0, 0.1) is 0 Å². The van der Waals surface area contributed by atoms with Crippen LogP contribution in [0.2, 0.25) is 0 Å². The molecule has 1 amide bonds. The number of hydrogen-bond donors (Lipinski definition) is 2. The van der Waals surface area contributed by atoms with Gasteiger partial charge in [-0.15, -0.1) is 0 Å². The number of piperidine rings is 1. The van der Waals surface area contributed by atoms with Gasteiger partial charge in [0.2, 0.25) is 5.91 Å². The summed E-state index contributed by atoms with van der Waals surface area (Å²) in [5, 5.41) is 6.06. The van der Waals surface area contributed by atoms with E-state index in [4.69, 9.17) is 0 Å². The summed E-state index contributed by atoms with van der Waals surface area (Å²) in [6.45, 7) is 3.33. The Balaban J connectivity index is 2.22. The third kappa shape index (κ3) is 4.03. The highest BCUT2D eigenvalue weighted by Gasteiger charge is 2.15. The highest BCUT2D eigenvalue weighted by atomic mass is 16.2. The highest BCUT2D eigenvalue weighted by molar-refractivity contribution is 5.96. The van der Waals surface area contributed by atoms with E-state index in [1.807, 2.05) is 0 Å². The summed E-state index contributed by atoms with van der Waals surface area (Å²) >= 11 is 0. The molecule has 0 aromatic rings. The van der Waals surface area contributed by atoms with Gasteiger partial charge in [0.15, 0.2) is 0 Å². The molecule has 1 aliphatic heterocycles. The first kappa shape index (κ1) is 10.2. The summed E-state index contributed by atoms with van der Waals surface area (Å²) in [5.41, 5.74) is 0. The van der Waals surface area contributed by atoms with Crippen molar-refractivity contribution in [2.45, 2.75) is 32.2 Å². The normalized spacial score (nSPS) is 18.2. The van der Waals surface area contributed by atoms with E-state index in [2.05, 4.69) is 10.6 Å². The molecule has 0 atom stereocenters. The molecule has 1 saturated heterocycles. The Kier molecular flexibility index (Phi) is 3.89. The summed E-state index contributed by atoms with van der Waals surface area (Å²) in [6, 6.07) is 0.257. The number of rotatable bonds is 3. The summed E-state index contributed by atoms with van der Waals surface area (Å²) in [5.74, 6) is -0.217. The standard InChI is InChI=1S/C9H16N2O2/c1-7(12)6-9(13)11-8-2-4-10-5-3-8/h8,10H,2-6H2,1H3,(H,11,13). The fourth-order valence-corrected chi connectivity index (χ4v) is 1.47. The van der Waals surface area contributed by atoms with Gasteiger partial charge in [-0.2, -0.15) is 0 Å². The van der Waals surface area contributed by atoms with Crippen molar-refractivity contribution in [2.75, 3.05) is 13.1 Å². The second-order valence-corrected chi connectivity index (χ2v) is 3.47. The lowest BCUT2D eigenvalue weighted by atomic mass is 10.1. The van der Waals surface area contributed by atoms with Gasteiger partial charge in [0.1, 0.15) is 5.78 Å². The molecule has 0 saturated carbocycles. The van der Waals surface area contributed by atoms with Crippen molar-refractivity contribution in [1.29, 1.82) is 0 Å². The molecule has 2 N–H and O–H groups in total. The lowest BCUT2D eigenvalue weighted by Crippen LogP contribution is -2.43. The van der Waals surface area contributed by atoms with Gasteiger partial charge in [0.25, 0.3) is 0 Å². The van der Waals surface area contributed by atoms with Crippen LogP contribution in [-0.4, -0.2) is 30.8 Å². The SMILES string of the molecule is CC(=O)CC(=O)NC1CCNCC1. The van der Waals surface area contributed by atoms with Crippen LogP contribution < -0.4 is 10.6 Å². The van der Waals surface area contributed by atoms with Gasteiger partial charge in [-0.25, -0.2) is 0 Å². The van der Waals surface area contributed by atoms with Crippen molar-refractivity contribution in [3.05, 3.63) is 0 Å². The molecule has 1 rings (SSSR count). The minimum Gasteiger partial charge on any atom is -0.353 e. The first-order valence-electron chi connectivity index (χ1n) is 4.68. The number of nitrogens with one attached hydrogen (secondary N) is 2. The van der Waals surface area contributed by atoms with Crippen molar-refractivity contribution in [1.82, 2.24) is 10.6 Å². The molecule has 4 heteroatoms. The average Bonchev–Trinajstić information content (AvgIpc) is 2.04. The molecule has 0 bridgehead atoms. The Hall–Kier alpha value is -0.900. The molecule has 74 valence electrons. The third-order valence-corrected chi connectivity index (χ3v) is 2.11. The predicted molar refractivity (Wildman–Crippen MR) is 49.3 cm³/mol. The molecule has 0 radical (unpaired) electrons. The molecular formula is C9H16N2O2. The van der Waals surface area contributed by atoms with Crippen molar-refractivity contribution >= 4 is 11.7 Å². The second-order valence-electron chi connectivity index (χ2n) is 3.47. The molecule has 0 spiro atoms. The van der Waals surface area contributed by atoms with Crippen molar-refractivity contribution in [3.63, 3.8) is 0 Å². The van der Waals surface area contributed by atoms with Gasteiger partial charge in [-0.3, -0.25) is 9.59 Å². The number of ketones is 1. The first-order valence-corrected chi connectivity index (χ1v) is 4.68. The Morgan fingerprint density at radius 2 is 2.00 bits per heavy atom. The second kappa shape index (κ2) is 4.97. The number of amides is 1. The maximum Gasteiger partial charge on any atom is 0.227 e. The van der Waals surface area contributed by atoms with E-state index in [1.54, 1.807) is 0 Å². The number of hydrogen-bond acceptors (Lipinski definition) is 3. The quantitative estimate of drug-likeness (QED) is 0.599. The number of carbonyl (C=O) groups is 2. The Morgan fingerprint density at radius 3 is 2.54 bits per heavy atom. The monoisotopic (exact) mass is 184 g/mol. The van der Waals surface area contributed by atoms with E-state index in [9.17, 15) is 9.59 Å². The van der Waals surface area contributed by atoms with Gasteiger partial charge in [-0.1, -0.05) is 0 Å². The summed E-state index contributed by atoms with van der Waals surface area (Å²) < 4.78 is 0. The molecule has 1 heterocycles. The maximum atomic E-state index is 11.2. The largest absolute Gasteiger partial charge is 0.353 e. The zero-order chi connectivity index (χ0) is 9.68. The first-order chi connectivity index (χ1) is 6.18. The summed E-state index contributed by atoms with van der Waals surface area (Å²) in [4.78, 5) is 21.8. The van der Waals surface area contributed by atoms with Gasteiger partial charge < -0.3 is 10.6 Å². The molecule has 1 aliphatic rings. The highest BCUT2D eigenvalue weighted by Crippen LogP contribution is 2.01. The zero-order valence-electron chi connectivity index (χ0n) is 7.93. The van der Waals surface area contributed by atoms with Crippen LogP contribution in [0.3, 0.4) is 0 Å². The van der Waals surface area contributed by atoms with Gasteiger partial charge in [0.05, 0.1) is 6.42 Å².